The van der Waals surface area contributed by atoms with Gasteiger partial charge in [-0.2, -0.15) is 0 Å². The van der Waals surface area contributed by atoms with Gasteiger partial charge in [-0.15, -0.1) is 10.2 Å². The minimum absolute atomic E-state index is 0.102. The van der Waals surface area contributed by atoms with E-state index in [1.165, 1.54) is 11.8 Å². The average Bonchev–Trinajstić information content (AvgIpc) is 3.23. The number of benzene rings is 2. The molecule has 0 saturated carbocycles. The predicted molar refractivity (Wildman–Crippen MR) is 132 cm³/mol. The number of carbonyl (C=O) groups is 2. The first-order valence-corrected chi connectivity index (χ1v) is 11.9. The summed E-state index contributed by atoms with van der Waals surface area (Å²) >= 11 is 1.32. The van der Waals surface area contributed by atoms with Crippen LogP contribution in [-0.4, -0.2) is 43.4 Å². The second kappa shape index (κ2) is 9.48. The molecule has 1 N–H and O–H groups in total. The molecular formula is C25H22N6O2S. The van der Waals surface area contributed by atoms with Crippen molar-refractivity contribution in [2.75, 3.05) is 16.0 Å². The molecule has 2 aromatic carbocycles. The summed E-state index contributed by atoms with van der Waals surface area (Å²) in [7, 11) is 0. The van der Waals surface area contributed by atoms with Gasteiger partial charge in [0.2, 0.25) is 11.8 Å². The Labute approximate surface area is 201 Å². The zero-order chi connectivity index (χ0) is 23.5. The third-order valence-electron chi connectivity index (χ3n) is 5.54. The fourth-order valence-corrected chi connectivity index (χ4v) is 4.84. The van der Waals surface area contributed by atoms with Gasteiger partial charge in [-0.05, 0) is 43.3 Å². The van der Waals surface area contributed by atoms with E-state index in [-0.39, 0.29) is 30.0 Å². The number of rotatable bonds is 5. The van der Waals surface area contributed by atoms with Crippen LogP contribution in [0.15, 0.2) is 84.3 Å². The van der Waals surface area contributed by atoms with E-state index in [1.54, 1.807) is 17.3 Å². The molecule has 0 spiro atoms. The van der Waals surface area contributed by atoms with Crippen molar-refractivity contribution in [3.05, 3.63) is 79.1 Å². The SMILES string of the molecule is C[C@@H]1CC(=O)Nc2ccccc2N1C(=O)CSc1nnc(-c2ccncc2)n1-c1ccccc1. The Hall–Kier alpha value is -3.98. The summed E-state index contributed by atoms with van der Waals surface area (Å²) in [5.74, 6) is 0.615. The van der Waals surface area contributed by atoms with Crippen LogP contribution < -0.4 is 10.2 Å². The summed E-state index contributed by atoms with van der Waals surface area (Å²) in [5, 5.41) is 12.3. The number of thioether (sulfide) groups is 1. The minimum atomic E-state index is -0.267. The van der Waals surface area contributed by atoms with E-state index in [0.29, 0.717) is 22.4 Å². The Morgan fingerprint density at radius 3 is 2.56 bits per heavy atom. The van der Waals surface area contributed by atoms with E-state index in [0.717, 1.165) is 11.3 Å². The molecule has 0 saturated heterocycles. The van der Waals surface area contributed by atoms with Crippen LogP contribution in [0.1, 0.15) is 13.3 Å². The average molecular weight is 471 g/mol. The number of pyridine rings is 1. The highest BCUT2D eigenvalue weighted by Crippen LogP contribution is 2.33. The fourth-order valence-electron chi connectivity index (χ4n) is 4.02. The number of anilines is 2. The first-order chi connectivity index (χ1) is 16.6. The van der Waals surface area contributed by atoms with Gasteiger partial charge in [-0.25, -0.2) is 0 Å². The molecule has 1 aliphatic rings. The van der Waals surface area contributed by atoms with Crippen LogP contribution in [0.5, 0.6) is 0 Å². The topological polar surface area (TPSA) is 93.0 Å². The lowest BCUT2D eigenvalue weighted by atomic mass is 10.2. The fraction of sp³-hybridized carbons (Fsp3) is 0.160. The van der Waals surface area contributed by atoms with Gasteiger partial charge in [0, 0.05) is 36.1 Å². The molecule has 4 aromatic rings. The van der Waals surface area contributed by atoms with Crippen molar-refractivity contribution in [1.29, 1.82) is 0 Å². The van der Waals surface area contributed by atoms with Crippen LogP contribution in [0.3, 0.4) is 0 Å². The van der Waals surface area contributed by atoms with E-state index < -0.39 is 0 Å². The van der Waals surface area contributed by atoms with Gasteiger partial charge < -0.3 is 10.2 Å². The number of amides is 2. The maximum Gasteiger partial charge on any atom is 0.237 e. The van der Waals surface area contributed by atoms with Crippen LogP contribution in [0.2, 0.25) is 0 Å². The third-order valence-corrected chi connectivity index (χ3v) is 6.45. The molecule has 2 amide bonds. The number of hydrogen-bond acceptors (Lipinski definition) is 6. The molecule has 0 unspecified atom stereocenters. The van der Waals surface area contributed by atoms with Gasteiger partial charge in [0.1, 0.15) is 0 Å². The minimum Gasteiger partial charge on any atom is -0.324 e. The summed E-state index contributed by atoms with van der Waals surface area (Å²) in [6.45, 7) is 1.89. The van der Waals surface area contributed by atoms with E-state index >= 15 is 0 Å². The van der Waals surface area contributed by atoms with Crippen LogP contribution >= 0.6 is 11.8 Å². The Bertz CT molecular complexity index is 1330. The molecule has 34 heavy (non-hydrogen) atoms. The molecule has 0 radical (unpaired) electrons. The van der Waals surface area contributed by atoms with Gasteiger partial charge in [0.25, 0.3) is 0 Å². The first kappa shape index (κ1) is 21.8. The normalized spacial score (nSPS) is 15.4. The Morgan fingerprint density at radius 2 is 1.76 bits per heavy atom. The predicted octanol–water partition coefficient (Wildman–Crippen LogP) is 4.19. The Morgan fingerprint density at radius 1 is 1.03 bits per heavy atom. The zero-order valence-electron chi connectivity index (χ0n) is 18.5. The van der Waals surface area contributed by atoms with Crippen molar-refractivity contribution in [2.24, 2.45) is 0 Å². The Balaban J connectivity index is 1.45. The second-order valence-electron chi connectivity index (χ2n) is 7.88. The zero-order valence-corrected chi connectivity index (χ0v) is 19.3. The molecule has 9 heteroatoms. The molecular weight excluding hydrogens is 448 g/mol. The first-order valence-electron chi connectivity index (χ1n) is 10.9. The molecule has 8 nitrogen and oxygen atoms in total. The van der Waals surface area contributed by atoms with Gasteiger partial charge in [-0.1, -0.05) is 42.1 Å². The van der Waals surface area contributed by atoms with Crippen LogP contribution in [0.25, 0.3) is 17.1 Å². The van der Waals surface area contributed by atoms with E-state index in [2.05, 4.69) is 20.5 Å². The molecule has 0 fully saturated rings. The van der Waals surface area contributed by atoms with Crippen molar-refractivity contribution < 1.29 is 9.59 Å². The van der Waals surface area contributed by atoms with Crippen LogP contribution in [-0.2, 0) is 9.59 Å². The highest BCUT2D eigenvalue weighted by molar-refractivity contribution is 7.99. The van der Waals surface area contributed by atoms with E-state index in [4.69, 9.17) is 0 Å². The molecule has 3 heterocycles. The molecule has 5 rings (SSSR count). The number of nitrogens with zero attached hydrogens (tertiary/aromatic N) is 5. The number of carbonyl (C=O) groups excluding carboxylic acids is 2. The van der Waals surface area contributed by atoms with Crippen molar-refractivity contribution in [2.45, 2.75) is 24.5 Å². The maximum atomic E-state index is 13.4. The summed E-state index contributed by atoms with van der Waals surface area (Å²) in [6.07, 6.45) is 3.66. The number of fused-ring (bicyclic) bond motifs is 1. The van der Waals surface area contributed by atoms with Gasteiger partial charge in [-0.3, -0.25) is 19.1 Å². The van der Waals surface area contributed by atoms with E-state index in [1.807, 2.05) is 78.2 Å². The quantitative estimate of drug-likeness (QED) is 0.440. The lowest BCUT2D eigenvalue weighted by Crippen LogP contribution is -2.40. The molecule has 0 aliphatic carbocycles. The van der Waals surface area contributed by atoms with Gasteiger partial charge in [0.15, 0.2) is 11.0 Å². The van der Waals surface area contributed by atoms with Crippen molar-refractivity contribution in [3.63, 3.8) is 0 Å². The summed E-state index contributed by atoms with van der Waals surface area (Å²) in [6, 6.07) is 20.7. The molecule has 170 valence electrons. The molecule has 1 atom stereocenters. The summed E-state index contributed by atoms with van der Waals surface area (Å²) < 4.78 is 1.94. The van der Waals surface area contributed by atoms with Crippen LogP contribution in [0, 0.1) is 0 Å². The van der Waals surface area contributed by atoms with Gasteiger partial charge in [0.05, 0.1) is 17.1 Å². The number of hydrogen-bond donors (Lipinski definition) is 1. The standard InChI is InChI=1S/C25H22N6O2S/c1-17-15-22(32)27-20-9-5-6-10-21(20)30(17)23(33)16-34-25-29-28-24(18-11-13-26-14-12-18)31(25)19-7-3-2-4-8-19/h2-14,17H,15-16H2,1H3,(H,27,32)/t17-/m1/s1. The second-order valence-corrected chi connectivity index (χ2v) is 8.83. The Kier molecular flexibility index (Phi) is 6.09. The maximum absolute atomic E-state index is 13.4. The van der Waals surface area contributed by atoms with Crippen LogP contribution in [0.4, 0.5) is 11.4 Å². The molecule has 2 aromatic heterocycles. The molecule has 0 bridgehead atoms. The third kappa shape index (κ3) is 4.29. The number of para-hydroxylation sites is 3. The number of nitrogens with one attached hydrogen (secondary N) is 1. The van der Waals surface area contributed by atoms with Crippen molar-refractivity contribution >= 4 is 35.0 Å². The summed E-state index contributed by atoms with van der Waals surface area (Å²) in [4.78, 5) is 31.5. The van der Waals surface area contributed by atoms with Crippen molar-refractivity contribution in [1.82, 2.24) is 19.7 Å². The summed E-state index contributed by atoms with van der Waals surface area (Å²) in [5.41, 5.74) is 3.12. The smallest absolute Gasteiger partial charge is 0.237 e. The molecule has 1 aliphatic heterocycles. The number of aromatic nitrogens is 4. The van der Waals surface area contributed by atoms with Gasteiger partial charge >= 0.3 is 0 Å². The van der Waals surface area contributed by atoms with E-state index in [9.17, 15) is 9.59 Å². The van der Waals surface area contributed by atoms with Crippen molar-refractivity contribution in [3.8, 4) is 17.1 Å². The lowest BCUT2D eigenvalue weighted by Gasteiger charge is -2.27. The highest BCUT2D eigenvalue weighted by Gasteiger charge is 2.30. The monoisotopic (exact) mass is 470 g/mol. The largest absolute Gasteiger partial charge is 0.324 e. The lowest BCUT2D eigenvalue weighted by molar-refractivity contribution is -0.117. The highest BCUT2D eigenvalue weighted by atomic mass is 32.2.